The van der Waals surface area contributed by atoms with Crippen molar-refractivity contribution in [2.24, 2.45) is 5.73 Å². The molecule has 4 nitrogen and oxygen atoms in total. The fourth-order valence-electron chi connectivity index (χ4n) is 2.51. The van der Waals surface area contributed by atoms with Gasteiger partial charge in [-0.15, -0.1) is 23.1 Å². The zero-order chi connectivity index (χ0) is 15.5. The maximum absolute atomic E-state index is 12.8. The van der Waals surface area contributed by atoms with Crippen molar-refractivity contribution in [2.75, 3.05) is 12.3 Å². The average molecular weight is 332 g/mol. The molecule has 0 bridgehead atoms. The van der Waals surface area contributed by atoms with Crippen LogP contribution in [0.25, 0.3) is 0 Å². The second-order valence-corrected chi connectivity index (χ2v) is 7.11. The average Bonchev–Trinajstić information content (AvgIpc) is 3.00. The molecule has 0 saturated carbocycles. The first-order valence-corrected chi connectivity index (χ1v) is 8.86. The van der Waals surface area contributed by atoms with Gasteiger partial charge in [0.15, 0.2) is 0 Å². The zero-order valence-electron chi connectivity index (χ0n) is 12.0. The number of carbonyl (C=O) groups excluding carboxylic acids is 2. The van der Waals surface area contributed by atoms with Gasteiger partial charge in [-0.25, -0.2) is 0 Å². The summed E-state index contributed by atoms with van der Waals surface area (Å²) in [6.45, 7) is 1.40. The van der Waals surface area contributed by atoms with E-state index in [0.717, 1.165) is 17.9 Å². The number of hydrogen-bond acceptors (Lipinski definition) is 4. The van der Waals surface area contributed by atoms with E-state index in [4.69, 9.17) is 5.73 Å². The van der Waals surface area contributed by atoms with Crippen LogP contribution in [0.5, 0.6) is 0 Å². The molecule has 2 aromatic rings. The van der Waals surface area contributed by atoms with Crippen LogP contribution in [0.2, 0.25) is 0 Å². The monoisotopic (exact) mass is 332 g/mol. The third-order valence-electron chi connectivity index (χ3n) is 3.58. The molecule has 1 aromatic heterocycles. The van der Waals surface area contributed by atoms with Gasteiger partial charge in [0.05, 0.1) is 11.3 Å². The lowest BCUT2D eigenvalue weighted by Gasteiger charge is -2.27. The van der Waals surface area contributed by atoms with Crippen molar-refractivity contribution in [2.45, 2.75) is 17.9 Å². The Bertz CT molecular complexity index is 712. The van der Waals surface area contributed by atoms with Crippen LogP contribution in [0.4, 0.5) is 0 Å². The number of hydrogen-bond donors (Lipinski definition) is 1. The van der Waals surface area contributed by atoms with Gasteiger partial charge in [-0.1, -0.05) is 12.1 Å². The molecule has 0 saturated heterocycles. The zero-order valence-corrected chi connectivity index (χ0v) is 13.6. The summed E-state index contributed by atoms with van der Waals surface area (Å²) in [7, 11) is 0. The number of fused-ring (bicyclic) bond motifs is 1. The van der Waals surface area contributed by atoms with Gasteiger partial charge in [-0.2, -0.15) is 0 Å². The summed E-state index contributed by atoms with van der Waals surface area (Å²) < 4.78 is 0. The van der Waals surface area contributed by atoms with Crippen molar-refractivity contribution < 1.29 is 9.59 Å². The smallest absolute Gasteiger partial charge is 0.255 e. The Hall–Kier alpha value is -1.79. The van der Waals surface area contributed by atoms with Crippen LogP contribution in [0.1, 0.15) is 20.8 Å². The maximum Gasteiger partial charge on any atom is 0.255 e. The highest BCUT2D eigenvalue weighted by Gasteiger charge is 2.24. The summed E-state index contributed by atoms with van der Waals surface area (Å²) in [5.41, 5.74) is 7.08. The van der Waals surface area contributed by atoms with E-state index in [0.29, 0.717) is 12.1 Å². The summed E-state index contributed by atoms with van der Waals surface area (Å²) in [6.07, 6.45) is 0.912. The standard InChI is InChI=1S/C16H16N2O2S2/c17-15(19)10-22-14-4-2-1-3-12(14)16(20)18-7-5-13-11(9-18)6-8-21-13/h1-4,6,8H,5,7,9-10H2,(H2,17,19). The second-order valence-electron chi connectivity index (χ2n) is 5.10. The van der Waals surface area contributed by atoms with Crippen LogP contribution >= 0.6 is 23.1 Å². The number of thioether (sulfide) groups is 1. The number of nitrogens with two attached hydrogens (primary N) is 1. The van der Waals surface area contributed by atoms with E-state index in [1.807, 2.05) is 29.2 Å². The summed E-state index contributed by atoms with van der Waals surface area (Å²) in [5, 5.41) is 2.08. The van der Waals surface area contributed by atoms with Gasteiger partial charge in [0, 0.05) is 22.9 Å². The number of thiophene rings is 1. The minimum atomic E-state index is -0.381. The van der Waals surface area contributed by atoms with E-state index in [-0.39, 0.29) is 17.6 Å². The highest BCUT2D eigenvalue weighted by Crippen LogP contribution is 2.28. The maximum atomic E-state index is 12.8. The van der Waals surface area contributed by atoms with E-state index >= 15 is 0 Å². The van der Waals surface area contributed by atoms with Crippen LogP contribution in [0.3, 0.4) is 0 Å². The van der Waals surface area contributed by atoms with Gasteiger partial charge < -0.3 is 10.6 Å². The number of amides is 2. The molecule has 22 heavy (non-hydrogen) atoms. The molecule has 2 heterocycles. The van der Waals surface area contributed by atoms with E-state index in [1.165, 1.54) is 22.2 Å². The first-order valence-electron chi connectivity index (χ1n) is 7.00. The van der Waals surface area contributed by atoms with Gasteiger partial charge in [0.2, 0.25) is 5.91 Å². The lowest BCUT2D eigenvalue weighted by molar-refractivity contribution is -0.115. The van der Waals surface area contributed by atoms with E-state index in [1.54, 1.807) is 11.3 Å². The number of benzene rings is 1. The Morgan fingerprint density at radius 1 is 1.27 bits per heavy atom. The third-order valence-corrected chi connectivity index (χ3v) is 5.70. The molecule has 1 aliphatic heterocycles. The molecule has 0 radical (unpaired) electrons. The number of rotatable bonds is 4. The van der Waals surface area contributed by atoms with Gasteiger partial charge in [-0.3, -0.25) is 9.59 Å². The van der Waals surface area contributed by atoms with Gasteiger partial charge >= 0.3 is 0 Å². The fraction of sp³-hybridized carbons (Fsp3) is 0.250. The first-order chi connectivity index (χ1) is 10.6. The largest absolute Gasteiger partial charge is 0.369 e. The second kappa shape index (κ2) is 6.54. The molecule has 2 N–H and O–H groups in total. The minimum absolute atomic E-state index is 0.0180. The summed E-state index contributed by atoms with van der Waals surface area (Å²) in [5.74, 6) is -0.184. The lowest BCUT2D eigenvalue weighted by Crippen LogP contribution is -2.35. The Morgan fingerprint density at radius 3 is 2.91 bits per heavy atom. The van der Waals surface area contributed by atoms with Crippen LogP contribution < -0.4 is 5.73 Å². The normalized spacial score (nSPS) is 13.7. The van der Waals surface area contributed by atoms with Crippen LogP contribution in [-0.2, 0) is 17.8 Å². The van der Waals surface area contributed by atoms with E-state index < -0.39 is 0 Å². The molecular formula is C16H16N2O2S2. The SMILES string of the molecule is NC(=O)CSc1ccccc1C(=O)N1CCc2sccc2C1. The van der Waals surface area contributed by atoms with Crippen molar-refractivity contribution in [3.8, 4) is 0 Å². The summed E-state index contributed by atoms with van der Waals surface area (Å²) >= 11 is 3.07. The third kappa shape index (κ3) is 3.18. The molecule has 0 spiro atoms. The van der Waals surface area contributed by atoms with Crippen LogP contribution in [0, 0.1) is 0 Å². The van der Waals surface area contributed by atoms with E-state index in [9.17, 15) is 9.59 Å². The Balaban J connectivity index is 1.79. The van der Waals surface area contributed by atoms with Crippen molar-refractivity contribution >= 4 is 34.9 Å². The molecule has 0 unspecified atom stereocenters. The van der Waals surface area contributed by atoms with Crippen molar-refractivity contribution in [1.29, 1.82) is 0 Å². The molecule has 1 aromatic carbocycles. The minimum Gasteiger partial charge on any atom is -0.369 e. The Labute approximate surface area is 137 Å². The van der Waals surface area contributed by atoms with Crippen LogP contribution in [0.15, 0.2) is 40.6 Å². The van der Waals surface area contributed by atoms with Crippen molar-refractivity contribution in [1.82, 2.24) is 4.90 Å². The predicted molar refractivity (Wildman–Crippen MR) is 89.1 cm³/mol. The van der Waals surface area contributed by atoms with Crippen molar-refractivity contribution in [3.63, 3.8) is 0 Å². The summed E-state index contributed by atoms with van der Waals surface area (Å²) in [4.78, 5) is 27.8. The van der Waals surface area contributed by atoms with E-state index in [2.05, 4.69) is 11.4 Å². The number of carbonyl (C=O) groups is 2. The molecule has 0 atom stereocenters. The molecule has 1 aliphatic rings. The summed E-state index contributed by atoms with van der Waals surface area (Å²) in [6, 6.07) is 9.48. The van der Waals surface area contributed by atoms with Gasteiger partial charge in [0.1, 0.15) is 0 Å². The molecule has 2 amide bonds. The number of nitrogens with zero attached hydrogens (tertiary/aromatic N) is 1. The lowest BCUT2D eigenvalue weighted by atomic mass is 10.1. The first kappa shape index (κ1) is 15.1. The topological polar surface area (TPSA) is 63.4 Å². The van der Waals surface area contributed by atoms with Crippen LogP contribution in [-0.4, -0.2) is 29.0 Å². The Kier molecular flexibility index (Phi) is 4.49. The molecule has 6 heteroatoms. The molecule has 0 aliphatic carbocycles. The molecular weight excluding hydrogens is 316 g/mol. The Morgan fingerprint density at radius 2 is 2.09 bits per heavy atom. The fourth-order valence-corrected chi connectivity index (χ4v) is 4.18. The van der Waals surface area contributed by atoms with Crippen molar-refractivity contribution in [3.05, 3.63) is 51.7 Å². The highest BCUT2D eigenvalue weighted by molar-refractivity contribution is 8.00. The molecule has 3 rings (SSSR count). The predicted octanol–water partition coefficient (Wildman–Crippen LogP) is 2.52. The molecule has 0 fully saturated rings. The number of primary amides is 1. The molecule has 114 valence electrons. The highest BCUT2D eigenvalue weighted by atomic mass is 32.2. The van der Waals surface area contributed by atoms with Gasteiger partial charge in [0.25, 0.3) is 5.91 Å². The quantitative estimate of drug-likeness (QED) is 0.875. The van der Waals surface area contributed by atoms with Gasteiger partial charge in [-0.05, 0) is 35.6 Å².